The van der Waals surface area contributed by atoms with Gasteiger partial charge in [-0.3, -0.25) is 0 Å². The van der Waals surface area contributed by atoms with Crippen LogP contribution < -0.4 is 0 Å². The molecule has 0 saturated heterocycles. The molecule has 0 heterocycles. The Morgan fingerprint density at radius 2 is 1.86 bits per heavy atom. The number of hydrogen-bond acceptors (Lipinski definition) is 3. The molecule has 0 aromatic heterocycles. The zero-order chi connectivity index (χ0) is 10.4. The van der Waals surface area contributed by atoms with Gasteiger partial charge in [-0.15, -0.1) is 0 Å². The number of rotatable bonds is 4. The maximum atomic E-state index is 5.02. The maximum absolute atomic E-state index is 5.02. The topological polar surface area (TPSA) is 30.8 Å². The molecule has 3 nitrogen and oxygen atoms in total. The average Bonchev–Trinajstić information content (AvgIpc) is 2.20. The van der Waals surface area contributed by atoms with E-state index in [4.69, 9.17) is 9.57 Å². The number of ether oxygens (including phenoxy) is 1. The van der Waals surface area contributed by atoms with Gasteiger partial charge in [0.25, 0.3) is 0 Å². The van der Waals surface area contributed by atoms with Gasteiger partial charge in [0.1, 0.15) is 7.11 Å². The van der Waals surface area contributed by atoms with Crippen LogP contribution >= 0.6 is 0 Å². The van der Waals surface area contributed by atoms with E-state index in [0.717, 1.165) is 16.8 Å². The number of nitrogens with zero attached hydrogens (tertiary/aromatic N) is 1. The van der Waals surface area contributed by atoms with E-state index in [0.29, 0.717) is 6.61 Å². The summed E-state index contributed by atoms with van der Waals surface area (Å²) in [5.74, 6) is 0. The molecule has 0 fully saturated rings. The van der Waals surface area contributed by atoms with Crippen molar-refractivity contribution in [1.82, 2.24) is 0 Å². The lowest BCUT2D eigenvalue weighted by Gasteiger charge is -2.02. The monoisotopic (exact) mass is 193 g/mol. The van der Waals surface area contributed by atoms with Gasteiger partial charge in [-0.25, -0.2) is 0 Å². The van der Waals surface area contributed by atoms with Crippen molar-refractivity contribution in [3.05, 3.63) is 35.4 Å². The van der Waals surface area contributed by atoms with Gasteiger partial charge in [-0.1, -0.05) is 29.4 Å². The van der Waals surface area contributed by atoms with E-state index in [1.165, 1.54) is 0 Å². The summed E-state index contributed by atoms with van der Waals surface area (Å²) in [5.41, 5.74) is 3.09. The fourth-order valence-electron chi connectivity index (χ4n) is 1.20. The Morgan fingerprint density at radius 3 is 2.36 bits per heavy atom. The summed E-state index contributed by atoms with van der Waals surface area (Å²) >= 11 is 0. The van der Waals surface area contributed by atoms with Crippen molar-refractivity contribution >= 4 is 5.71 Å². The van der Waals surface area contributed by atoms with Crippen LogP contribution in [0.2, 0.25) is 0 Å². The second kappa shape index (κ2) is 5.40. The molecule has 1 rings (SSSR count). The molecule has 3 heteroatoms. The van der Waals surface area contributed by atoms with E-state index >= 15 is 0 Å². The summed E-state index contributed by atoms with van der Waals surface area (Å²) in [7, 11) is 3.23. The van der Waals surface area contributed by atoms with Gasteiger partial charge in [0, 0.05) is 7.11 Å². The highest BCUT2D eigenvalue weighted by Gasteiger charge is 1.97. The lowest BCUT2D eigenvalue weighted by Crippen LogP contribution is -1.96. The molecule has 0 atom stereocenters. The van der Waals surface area contributed by atoms with Gasteiger partial charge in [0.15, 0.2) is 0 Å². The number of benzene rings is 1. The van der Waals surface area contributed by atoms with Gasteiger partial charge >= 0.3 is 0 Å². The minimum Gasteiger partial charge on any atom is -0.399 e. The van der Waals surface area contributed by atoms with Crippen molar-refractivity contribution in [2.45, 2.75) is 13.5 Å². The Balaban J connectivity index is 2.77. The Kier molecular flexibility index (Phi) is 4.13. The molecule has 0 amide bonds. The number of methoxy groups -OCH3 is 1. The van der Waals surface area contributed by atoms with Crippen LogP contribution in [0.15, 0.2) is 29.4 Å². The van der Waals surface area contributed by atoms with Gasteiger partial charge in [-0.05, 0) is 18.1 Å². The average molecular weight is 193 g/mol. The van der Waals surface area contributed by atoms with E-state index in [1.54, 1.807) is 14.2 Å². The van der Waals surface area contributed by atoms with E-state index < -0.39 is 0 Å². The largest absolute Gasteiger partial charge is 0.399 e. The summed E-state index contributed by atoms with van der Waals surface area (Å²) in [6.45, 7) is 2.55. The zero-order valence-electron chi connectivity index (χ0n) is 8.78. The third kappa shape index (κ3) is 2.85. The summed E-state index contributed by atoms with van der Waals surface area (Å²) in [6.07, 6.45) is 0. The third-order valence-corrected chi connectivity index (χ3v) is 1.91. The Bertz CT molecular complexity index is 304. The van der Waals surface area contributed by atoms with Crippen LogP contribution in [0.1, 0.15) is 18.1 Å². The molecule has 0 unspecified atom stereocenters. The van der Waals surface area contributed by atoms with Crippen molar-refractivity contribution in [3.63, 3.8) is 0 Å². The first-order valence-electron chi connectivity index (χ1n) is 4.44. The molecule has 0 spiro atoms. The smallest absolute Gasteiger partial charge is 0.106 e. The fourth-order valence-corrected chi connectivity index (χ4v) is 1.20. The lowest BCUT2D eigenvalue weighted by molar-refractivity contribution is 0.185. The van der Waals surface area contributed by atoms with Crippen molar-refractivity contribution in [2.75, 3.05) is 14.2 Å². The summed E-state index contributed by atoms with van der Waals surface area (Å²) in [6, 6.07) is 8.06. The third-order valence-electron chi connectivity index (χ3n) is 1.91. The first kappa shape index (κ1) is 10.7. The number of hydrogen-bond donors (Lipinski definition) is 0. The standard InChI is InChI=1S/C11H15NO2/c1-9(12-14-3)11-6-4-10(5-7-11)8-13-2/h4-7H,8H2,1-3H3/b12-9+. The van der Waals surface area contributed by atoms with Crippen LogP contribution in [-0.2, 0) is 16.2 Å². The normalized spacial score (nSPS) is 11.5. The Hall–Kier alpha value is -1.35. The quantitative estimate of drug-likeness (QED) is 0.542. The Morgan fingerprint density at radius 1 is 1.21 bits per heavy atom. The molecule has 14 heavy (non-hydrogen) atoms. The maximum Gasteiger partial charge on any atom is 0.106 e. The molecule has 0 aliphatic heterocycles. The van der Waals surface area contributed by atoms with Crippen LogP contribution in [0.25, 0.3) is 0 Å². The molecule has 0 bridgehead atoms. The summed E-state index contributed by atoms with van der Waals surface area (Å²) < 4.78 is 5.02. The van der Waals surface area contributed by atoms with Gasteiger partial charge < -0.3 is 9.57 Å². The highest BCUT2D eigenvalue weighted by molar-refractivity contribution is 5.98. The molecular weight excluding hydrogens is 178 g/mol. The summed E-state index contributed by atoms with van der Waals surface area (Å²) in [5, 5.41) is 3.86. The molecular formula is C11H15NO2. The molecule has 0 aliphatic rings. The predicted molar refractivity (Wildman–Crippen MR) is 56.4 cm³/mol. The van der Waals surface area contributed by atoms with E-state index in [1.807, 2.05) is 31.2 Å². The highest BCUT2D eigenvalue weighted by atomic mass is 16.6. The molecule has 0 aliphatic carbocycles. The van der Waals surface area contributed by atoms with Crippen molar-refractivity contribution in [1.29, 1.82) is 0 Å². The molecule has 1 aromatic rings. The van der Waals surface area contributed by atoms with Crippen LogP contribution in [0.4, 0.5) is 0 Å². The van der Waals surface area contributed by atoms with Gasteiger partial charge in [-0.2, -0.15) is 0 Å². The van der Waals surface area contributed by atoms with Gasteiger partial charge in [0.2, 0.25) is 0 Å². The minimum absolute atomic E-state index is 0.640. The SMILES string of the molecule is COCc1ccc(/C(C)=N/OC)cc1. The second-order valence-corrected chi connectivity index (χ2v) is 2.99. The van der Waals surface area contributed by atoms with Crippen LogP contribution in [-0.4, -0.2) is 19.9 Å². The fraction of sp³-hybridized carbons (Fsp3) is 0.364. The zero-order valence-corrected chi connectivity index (χ0v) is 8.78. The van der Waals surface area contributed by atoms with Crippen LogP contribution in [0, 0.1) is 0 Å². The van der Waals surface area contributed by atoms with E-state index in [2.05, 4.69) is 5.16 Å². The van der Waals surface area contributed by atoms with Gasteiger partial charge in [0.05, 0.1) is 12.3 Å². The highest BCUT2D eigenvalue weighted by Crippen LogP contribution is 2.06. The van der Waals surface area contributed by atoms with E-state index in [9.17, 15) is 0 Å². The first-order valence-corrected chi connectivity index (χ1v) is 4.44. The van der Waals surface area contributed by atoms with Crippen molar-refractivity contribution < 1.29 is 9.57 Å². The minimum atomic E-state index is 0.640. The first-order chi connectivity index (χ1) is 6.77. The van der Waals surface area contributed by atoms with Crippen molar-refractivity contribution in [2.24, 2.45) is 5.16 Å². The predicted octanol–water partition coefficient (Wildman–Crippen LogP) is 2.20. The van der Waals surface area contributed by atoms with Crippen molar-refractivity contribution in [3.8, 4) is 0 Å². The number of oxime groups is 1. The van der Waals surface area contributed by atoms with Crippen LogP contribution in [0.5, 0.6) is 0 Å². The molecule has 0 saturated carbocycles. The second-order valence-electron chi connectivity index (χ2n) is 2.99. The molecule has 0 radical (unpaired) electrons. The summed E-state index contributed by atoms with van der Waals surface area (Å²) in [4.78, 5) is 4.70. The molecule has 0 N–H and O–H groups in total. The van der Waals surface area contributed by atoms with E-state index in [-0.39, 0.29) is 0 Å². The molecule has 1 aromatic carbocycles. The molecule has 76 valence electrons. The van der Waals surface area contributed by atoms with Crippen LogP contribution in [0.3, 0.4) is 0 Å². The lowest BCUT2D eigenvalue weighted by atomic mass is 10.1. The Labute approximate surface area is 84.3 Å².